The standard InChI is InChI=1S/C16H23NO4/c1-10(9-16(2,3)4)7-14(19)17-11-5-6-12(15(20)21)13(18)8-11/h5-6,8,10,18H,7,9H2,1-4H3,(H,17,19)(H,20,21). The molecule has 1 rings (SSSR count). The van der Waals surface area contributed by atoms with Crippen LogP contribution in [0.3, 0.4) is 0 Å². The summed E-state index contributed by atoms with van der Waals surface area (Å²) in [6.07, 6.45) is 1.32. The molecule has 5 heteroatoms. The maximum atomic E-state index is 11.9. The van der Waals surface area contributed by atoms with E-state index in [0.29, 0.717) is 12.1 Å². The summed E-state index contributed by atoms with van der Waals surface area (Å²) < 4.78 is 0. The fourth-order valence-electron chi connectivity index (χ4n) is 2.44. The Bertz CT molecular complexity index is 532. The highest BCUT2D eigenvalue weighted by Gasteiger charge is 2.18. The molecule has 0 heterocycles. The normalized spacial score (nSPS) is 12.8. The predicted molar refractivity (Wildman–Crippen MR) is 81.5 cm³/mol. The molecule has 0 radical (unpaired) electrons. The number of anilines is 1. The van der Waals surface area contributed by atoms with E-state index in [1.54, 1.807) is 0 Å². The van der Waals surface area contributed by atoms with Gasteiger partial charge in [-0.05, 0) is 29.9 Å². The molecule has 1 unspecified atom stereocenters. The SMILES string of the molecule is CC(CC(=O)Nc1ccc(C(=O)O)c(O)c1)CC(C)(C)C. The minimum Gasteiger partial charge on any atom is -0.507 e. The molecule has 0 aliphatic heterocycles. The topological polar surface area (TPSA) is 86.6 Å². The van der Waals surface area contributed by atoms with E-state index in [1.165, 1.54) is 18.2 Å². The van der Waals surface area contributed by atoms with Crippen molar-refractivity contribution in [3.05, 3.63) is 23.8 Å². The molecule has 0 bridgehead atoms. The zero-order valence-electron chi connectivity index (χ0n) is 12.9. The Morgan fingerprint density at radius 1 is 1.29 bits per heavy atom. The third kappa shape index (κ3) is 5.85. The Morgan fingerprint density at radius 3 is 2.38 bits per heavy atom. The van der Waals surface area contributed by atoms with E-state index < -0.39 is 5.97 Å². The van der Waals surface area contributed by atoms with Crippen molar-refractivity contribution in [3.8, 4) is 5.75 Å². The van der Waals surface area contributed by atoms with Gasteiger partial charge in [-0.2, -0.15) is 0 Å². The van der Waals surface area contributed by atoms with Crippen molar-refractivity contribution in [1.82, 2.24) is 0 Å². The van der Waals surface area contributed by atoms with Gasteiger partial charge in [-0.3, -0.25) is 4.79 Å². The first kappa shape index (κ1) is 17.0. The summed E-state index contributed by atoms with van der Waals surface area (Å²) in [6, 6.07) is 3.98. The molecule has 116 valence electrons. The minimum absolute atomic E-state index is 0.144. The molecule has 5 nitrogen and oxygen atoms in total. The maximum absolute atomic E-state index is 11.9. The molecule has 0 aliphatic rings. The number of aromatic hydroxyl groups is 1. The number of amides is 1. The van der Waals surface area contributed by atoms with Crippen LogP contribution in [0.1, 0.15) is 50.9 Å². The van der Waals surface area contributed by atoms with Crippen molar-refractivity contribution in [3.63, 3.8) is 0 Å². The number of aromatic carboxylic acids is 1. The number of carboxylic acid groups (broad SMARTS) is 1. The quantitative estimate of drug-likeness (QED) is 0.775. The van der Waals surface area contributed by atoms with Crippen LogP contribution in [0.4, 0.5) is 5.69 Å². The van der Waals surface area contributed by atoms with Gasteiger partial charge in [0, 0.05) is 18.2 Å². The lowest BCUT2D eigenvalue weighted by atomic mass is 9.84. The number of hydrogen-bond donors (Lipinski definition) is 3. The highest BCUT2D eigenvalue weighted by molar-refractivity contribution is 5.94. The first-order valence-electron chi connectivity index (χ1n) is 6.94. The molecule has 21 heavy (non-hydrogen) atoms. The number of phenols is 1. The average Bonchev–Trinajstić information content (AvgIpc) is 2.24. The lowest BCUT2D eigenvalue weighted by Gasteiger charge is -2.22. The second-order valence-electron chi connectivity index (χ2n) is 6.66. The van der Waals surface area contributed by atoms with Gasteiger partial charge in [-0.25, -0.2) is 4.79 Å². The van der Waals surface area contributed by atoms with Crippen molar-refractivity contribution >= 4 is 17.6 Å². The minimum atomic E-state index is -1.20. The Labute approximate surface area is 125 Å². The molecule has 3 N–H and O–H groups in total. The Hall–Kier alpha value is -2.04. The monoisotopic (exact) mass is 293 g/mol. The molecule has 0 saturated carbocycles. The lowest BCUT2D eigenvalue weighted by Crippen LogP contribution is -2.18. The Morgan fingerprint density at radius 2 is 1.90 bits per heavy atom. The van der Waals surface area contributed by atoms with Crippen molar-refractivity contribution in [1.29, 1.82) is 0 Å². The van der Waals surface area contributed by atoms with Crippen LogP contribution >= 0.6 is 0 Å². The molecule has 0 saturated heterocycles. The van der Waals surface area contributed by atoms with Crippen molar-refractivity contribution in [2.24, 2.45) is 11.3 Å². The summed E-state index contributed by atoms with van der Waals surface area (Å²) in [7, 11) is 0. The molecule has 1 aromatic rings. The smallest absolute Gasteiger partial charge is 0.339 e. The molecule has 0 aliphatic carbocycles. The van der Waals surface area contributed by atoms with E-state index in [9.17, 15) is 14.7 Å². The van der Waals surface area contributed by atoms with Gasteiger partial charge in [0.15, 0.2) is 0 Å². The number of nitrogens with one attached hydrogen (secondary N) is 1. The number of carboxylic acids is 1. The summed E-state index contributed by atoms with van der Waals surface area (Å²) >= 11 is 0. The second-order valence-corrected chi connectivity index (χ2v) is 6.66. The van der Waals surface area contributed by atoms with Gasteiger partial charge < -0.3 is 15.5 Å². The van der Waals surface area contributed by atoms with E-state index >= 15 is 0 Å². The van der Waals surface area contributed by atoms with Crippen LogP contribution in [0.5, 0.6) is 5.75 Å². The van der Waals surface area contributed by atoms with Gasteiger partial charge in [0.1, 0.15) is 11.3 Å². The summed E-state index contributed by atoms with van der Waals surface area (Å²) in [5, 5.41) is 21.1. The molecule has 0 aromatic heterocycles. The first-order chi connectivity index (χ1) is 9.58. The molecule has 1 atom stereocenters. The third-order valence-corrected chi connectivity index (χ3v) is 3.01. The second kappa shape index (κ2) is 6.61. The van der Waals surface area contributed by atoms with Crippen LogP contribution in [0.25, 0.3) is 0 Å². The largest absolute Gasteiger partial charge is 0.507 e. The van der Waals surface area contributed by atoms with E-state index in [1.807, 2.05) is 6.92 Å². The van der Waals surface area contributed by atoms with Crippen molar-refractivity contribution < 1.29 is 19.8 Å². The maximum Gasteiger partial charge on any atom is 0.339 e. The molecular weight excluding hydrogens is 270 g/mol. The summed E-state index contributed by atoms with van der Waals surface area (Å²) in [5.41, 5.74) is 0.376. The zero-order valence-corrected chi connectivity index (χ0v) is 12.9. The highest BCUT2D eigenvalue weighted by Crippen LogP contribution is 2.27. The van der Waals surface area contributed by atoms with Crippen LogP contribution in [-0.2, 0) is 4.79 Å². The van der Waals surface area contributed by atoms with Gasteiger partial charge in [-0.15, -0.1) is 0 Å². The van der Waals surface area contributed by atoms with Crippen LogP contribution in [0.15, 0.2) is 18.2 Å². The van der Waals surface area contributed by atoms with Crippen LogP contribution in [0, 0.1) is 11.3 Å². The third-order valence-electron chi connectivity index (χ3n) is 3.01. The number of benzene rings is 1. The fourth-order valence-corrected chi connectivity index (χ4v) is 2.44. The highest BCUT2D eigenvalue weighted by atomic mass is 16.4. The van der Waals surface area contributed by atoms with Crippen LogP contribution < -0.4 is 5.32 Å². The Balaban J connectivity index is 2.63. The van der Waals surface area contributed by atoms with Crippen LogP contribution in [0.2, 0.25) is 0 Å². The Kier molecular flexibility index (Phi) is 5.35. The summed E-state index contributed by atoms with van der Waals surface area (Å²) in [6.45, 7) is 8.41. The predicted octanol–water partition coefficient (Wildman–Crippen LogP) is 3.49. The number of rotatable bonds is 5. The first-order valence-corrected chi connectivity index (χ1v) is 6.94. The van der Waals surface area contributed by atoms with Crippen molar-refractivity contribution in [2.45, 2.75) is 40.5 Å². The van der Waals surface area contributed by atoms with Crippen LogP contribution in [-0.4, -0.2) is 22.1 Å². The van der Waals surface area contributed by atoms with Gasteiger partial charge in [0.25, 0.3) is 0 Å². The average molecular weight is 293 g/mol. The number of carbonyl (C=O) groups is 2. The number of hydrogen-bond acceptors (Lipinski definition) is 3. The van der Waals surface area contributed by atoms with Gasteiger partial charge >= 0.3 is 5.97 Å². The van der Waals surface area contributed by atoms with E-state index in [4.69, 9.17) is 5.11 Å². The zero-order chi connectivity index (χ0) is 16.2. The molecule has 0 spiro atoms. The molecule has 0 fully saturated rings. The summed E-state index contributed by atoms with van der Waals surface area (Å²) in [4.78, 5) is 22.7. The van der Waals surface area contributed by atoms with Gasteiger partial charge in [-0.1, -0.05) is 27.7 Å². The number of carbonyl (C=O) groups excluding carboxylic acids is 1. The van der Waals surface area contributed by atoms with E-state index in [2.05, 4.69) is 26.1 Å². The lowest BCUT2D eigenvalue weighted by molar-refractivity contribution is -0.117. The van der Waals surface area contributed by atoms with E-state index in [0.717, 1.165) is 6.42 Å². The van der Waals surface area contributed by atoms with Crippen molar-refractivity contribution in [2.75, 3.05) is 5.32 Å². The molecule has 1 amide bonds. The van der Waals surface area contributed by atoms with Gasteiger partial charge in [0.2, 0.25) is 5.91 Å². The summed E-state index contributed by atoms with van der Waals surface area (Å²) in [5.74, 6) is -1.46. The fraction of sp³-hybridized carbons (Fsp3) is 0.500. The van der Waals surface area contributed by atoms with Gasteiger partial charge in [0.05, 0.1) is 0 Å². The molecule has 1 aromatic carbocycles. The molecular formula is C16H23NO4. The van der Waals surface area contributed by atoms with E-state index in [-0.39, 0.29) is 28.6 Å².